The third-order valence-corrected chi connectivity index (χ3v) is 4.81. The summed E-state index contributed by atoms with van der Waals surface area (Å²) in [4.78, 5) is 12.4. The van der Waals surface area contributed by atoms with E-state index in [2.05, 4.69) is 10.6 Å². The molecule has 2 N–H and O–H groups in total. The molecular weight excluding hydrogens is 236 g/mol. The Morgan fingerprint density at radius 3 is 2.68 bits per heavy atom. The number of carbonyl (C=O) groups excluding carboxylic acids is 1. The normalized spacial score (nSPS) is 28.4. The third kappa shape index (κ3) is 2.34. The van der Waals surface area contributed by atoms with E-state index in [0.29, 0.717) is 6.04 Å². The van der Waals surface area contributed by atoms with Crippen molar-refractivity contribution in [3.63, 3.8) is 0 Å². The van der Waals surface area contributed by atoms with Gasteiger partial charge < -0.3 is 10.6 Å². The molecule has 19 heavy (non-hydrogen) atoms. The second-order valence-electron chi connectivity index (χ2n) is 6.03. The van der Waals surface area contributed by atoms with Crippen LogP contribution < -0.4 is 10.6 Å². The summed E-state index contributed by atoms with van der Waals surface area (Å²) in [5.41, 5.74) is 2.89. The van der Waals surface area contributed by atoms with Crippen molar-refractivity contribution in [2.24, 2.45) is 11.8 Å². The lowest BCUT2D eigenvalue weighted by atomic mass is 9.95. The van der Waals surface area contributed by atoms with Gasteiger partial charge in [0.25, 0.3) is 5.91 Å². The summed E-state index contributed by atoms with van der Waals surface area (Å²) >= 11 is 0. The molecule has 0 radical (unpaired) electrons. The highest BCUT2D eigenvalue weighted by Crippen LogP contribution is 2.44. The van der Waals surface area contributed by atoms with Crippen LogP contribution >= 0.6 is 0 Å². The zero-order chi connectivity index (χ0) is 13.4. The molecule has 0 aliphatic heterocycles. The van der Waals surface area contributed by atoms with Crippen LogP contribution in [0.3, 0.4) is 0 Å². The first-order chi connectivity index (χ1) is 9.17. The average molecular weight is 258 g/mol. The highest BCUT2D eigenvalue weighted by molar-refractivity contribution is 5.96. The molecule has 2 fully saturated rings. The van der Waals surface area contributed by atoms with Crippen LogP contribution in [-0.2, 0) is 0 Å². The number of rotatable bonds is 3. The fraction of sp³-hybridized carbons (Fsp3) is 0.562. The first-order valence-corrected chi connectivity index (χ1v) is 7.26. The summed E-state index contributed by atoms with van der Waals surface area (Å²) in [6.07, 6.45) is 5.17. The van der Waals surface area contributed by atoms with Gasteiger partial charge in [-0.2, -0.15) is 0 Å². The van der Waals surface area contributed by atoms with Crippen LogP contribution in [0.2, 0.25) is 0 Å². The number of fused-ring (bicyclic) bond motifs is 2. The van der Waals surface area contributed by atoms with Gasteiger partial charge in [-0.25, -0.2) is 0 Å². The summed E-state index contributed by atoms with van der Waals surface area (Å²) in [6.45, 7) is 2.00. The summed E-state index contributed by atoms with van der Waals surface area (Å²) in [7, 11) is 1.89. The molecule has 1 aromatic rings. The molecular formula is C16H22N2O. The number of anilines is 1. The summed E-state index contributed by atoms with van der Waals surface area (Å²) in [6, 6.07) is 6.32. The molecule has 0 heterocycles. The van der Waals surface area contributed by atoms with Gasteiger partial charge in [-0.1, -0.05) is 6.42 Å². The zero-order valence-electron chi connectivity index (χ0n) is 11.7. The van der Waals surface area contributed by atoms with Crippen molar-refractivity contribution >= 4 is 11.6 Å². The van der Waals surface area contributed by atoms with Gasteiger partial charge in [-0.05, 0) is 61.8 Å². The maximum atomic E-state index is 12.4. The Bertz CT molecular complexity index is 498. The molecule has 2 aliphatic carbocycles. The molecule has 2 bridgehead atoms. The summed E-state index contributed by atoms with van der Waals surface area (Å²) < 4.78 is 0. The van der Waals surface area contributed by atoms with Gasteiger partial charge in [-0.15, -0.1) is 0 Å². The largest absolute Gasteiger partial charge is 0.388 e. The fourth-order valence-corrected chi connectivity index (χ4v) is 3.74. The van der Waals surface area contributed by atoms with E-state index in [0.717, 1.165) is 28.7 Å². The Balaban J connectivity index is 1.70. The average Bonchev–Trinajstić information content (AvgIpc) is 3.00. The summed E-state index contributed by atoms with van der Waals surface area (Å²) in [5, 5.41) is 6.34. The van der Waals surface area contributed by atoms with Crippen LogP contribution in [0.25, 0.3) is 0 Å². The first kappa shape index (κ1) is 12.5. The van der Waals surface area contributed by atoms with E-state index < -0.39 is 0 Å². The van der Waals surface area contributed by atoms with Crippen molar-refractivity contribution in [2.45, 2.75) is 38.6 Å². The van der Waals surface area contributed by atoms with Crippen LogP contribution in [0.1, 0.15) is 41.6 Å². The van der Waals surface area contributed by atoms with Crippen molar-refractivity contribution in [3.8, 4) is 0 Å². The second-order valence-corrected chi connectivity index (χ2v) is 6.03. The van der Waals surface area contributed by atoms with Crippen molar-refractivity contribution < 1.29 is 4.79 Å². The van der Waals surface area contributed by atoms with Crippen LogP contribution in [0, 0.1) is 18.8 Å². The van der Waals surface area contributed by atoms with Gasteiger partial charge in [-0.3, -0.25) is 4.79 Å². The molecule has 3 rings (SSSR count). The van der Waals surface area contributed by atoms with E-state index in [9.17, 15) is 4.79 Å². The predicted octanol–water partition coefficient (Wildman–Crippen LogP) is 2.96. The molecule has 1 aromatic carbocycles. The topological polar surface area (TPSA) is 41.1 Å². The molecule has 0 saturated heterocycles. The van der Waals surface area contributed by atoms with Gasteiger partial charge in [0.05, 0.1) is 0 Å². The van der Waals surface area contributed by atoms with Crippen molar-refractivity contribution in [2.75, 3.05) is 12.4 Å². The van der Waals surface area contributed by atoms with Crippen molar-refractivity contribution in [1.82, 2.24) is 5.32 Å². The van der Waals surface area contributed by atoms with E-state index in [1.165, 1.54) is 25.7 Å². The Hall–Kier alpha value is -1.51. The maximum Gasteiger partial charge on any atom is 0.251 e. The van der Waals surface area contributed by atoms with E-state index in [1.54, 1.807) is 0 Å². The standard InChI is InChI=1S/C16H22N2O/c1-10-7-13(17-2)5-6-14(10)16(19)18-15-9-11-3-4-12(15)8-11/h5-7,11-12,15,17H,3-4,8-9H2,1-2H3,(H,18,19). The molecule has 3 atom stereocenters. The van der Waals surface area contributed by atoms with Crippen molar-refractivity contribution in [1.29, 1.82) is 0 Å². The monoisotopic (exact) mass is 258 g/mol. The molecule has 1 amide bonds. The fourth-order valence-electron chi connectivity index (χ4n) is 3.74. The van der Waals surface area contributed by atoms with E-state index in [1.807, 2.05) is 32.2 Å². The number of hydrogen-bond acceptors (Lipinski definition) is 2. The van der Waals surface area contributed by atoms with Gasteiger partial charge in [0.1, 0.15) is 0 Å². The molecule has 102 valence electrons. The number of carbonyl (C=O) groups is 1. The minimum atomic E-state index is 0.0951. The lowest BCUT2D eigenvalue weighted by Crippen LogP contribution is -2.38. The second kappa shape index (κ2) is 4.87. The molecule has 3 nitrogen and oxygen atoms in total. The van der Waals surface area contributed by atoms with Crippen LogP contribution in [0.4, 0.5) is 5.69 Å². The predicted molar refractivity (Wildman–Crippen MR) is 77.4 cm³/mol. The summed E-state index contributed by atoms with van der Waals surface area (Å²) in [5.74, 6) is 1.69. The van der Waals surface area contributed by atoms with Gasteiger partial charge >= 0.3 is 0 Å². The SMILES string of the molecule is CNc1ccc(C(=O)NC2CC3CCC2C3)c(C)c1. The van der Waals surface area contributed by atoms with Gasteiger partial charge in [0.2, 0.25) is 0 Å². The van der Waals surface area contributed by atoms with Gasteiger partial charge in [0, 0.05) is 24.3 Å². The Morgan fingerprint density at radius 2 is 2.11 bits per heavy atom. The number of aryl methyl sites for hydroxylation is 1. The Morgan fingerprint density at radius 1 is 1.26 bits per heavy atom. The van der Waals surface area contributed by atoms with Crippen molar-refractivity contribution in [3.05, 3.63) is 29.3 Å². The quantitative estimate of drug-likeness (QED) is 0.875. The van der Waals surface area contributed by atoms with Gasteiger partial charge in [0.15, 0.2) is 0 Å². The Labute approximate surface area is 114 Å². The molecule has 0 aromatic heterocycles. The van der Waals surface area contributed by atoms with E-state index in [-0.39, 0.29) is 5.91 Å². The number of hydrogen-bond donors (Lipinski definition) is 2. The lowest BCUT2D eigenvalue weighted by molar-refractivity contribution is 0.0922. The maximum absolute atomic E-state index is 12.4. The molecule has 3 unspecified atom stereocenters. The van der Waals surface area contributed by atoms with Crippen LogP contribution in [0.5, 0.6) is 0 Å². The minimum absolute atomic E-state index is 0.0951. The smallest absolute Gasteiger partial charge is 0.251 e. The number of amides is 1. The highest BCUT2D eigenvalue weighted by Gasteiger charge is 2.40. The molecule has 2 aliphatic rings. The van der Waals surface area contributed by atoms with Crippen LogP contribution in [0.15, 0.2) is 18.2 Å². The molecule has 2 saturated carbocycles. The number of nitrogens with one attached hydrogen (secondary N) is 2. The van der Waals surface area contributed by atoms with Crippen LogP contribution in [-0.4, -0.2) is 19.0 Å². The molecule has 3 heteroatoms. The Kier molecular flexibility index (Phi) is 3.21. The lowest BCUT2D eigenvalue weighted by Gasteiger charge is -2.23. The minimum Gasteiger partial charge on any atom is -0.388 e. The van der Waals surface area contributed by atoms with E-state index in [4.69, 9.17) is 0 Å². The van der Waals surface area contributed by atoms with E-state index >= 15 is 0 Å². The highest BCUT2D eigenvalue weighted by atomic mass is 16.1. The molecule has 0 spiro atoms. The first-order valence-electron chi connectivity index (χ1n) is 7.26. The third-order valence-electron chi connectivity index (χ3n) is 4.81. The zero-order valence-corrected chi connectivity index (χ0v) is 11.7. The number of benzene rings is 1.